The van der Waals surface area contributed by atoms with Crippen LogP contribution in [0.1, 0.15) is 30.3 Å². The molecule has 17 heavy (non-hydrogen) atoms. The van der Waals surface area contributed by atoms with Crippen molar-refractivity contribution in [1.82, 2.24) is 0 Å². The van der Waals surface area contributed by atoms with Crippen LogP contribution in [0.3, 0.4) is 0 Å². The zero-order chi connectivity index (χ0) is 11.7. The van der Waals surface area contributed by atoms with Gasteiger partial charge in [-0.2, -0.15) is 0 Å². The molecule has 1 aromatic carbocycles. The van der Waals surface area contributed by atoms with E-state index in [0.29, 0.717) is 0 Å². The Kier molecular flexibility index (Phi) is 2.73. The van der Waals surface area contributed by atoms with Crippen molar-refractivity contribution in [3.63, 3.8) is 0 Å². The van der Waals surface area contributed by atoms with Crippen LogP contribution in [-0.4, -0.2) is 7.11 Å². The molecule has 2 nitrogen and oxygen atoms in total. The summed E-state index contributed by atoms with van der Waals surface area (Å²) in [6.07, 6.45) is 3.48. The van der Waals surface area contributed by atoms with Gasteiger partial charge in [0.05, 0.1) is 6.10 Å². The van der Waals surface area contributed by atoms with Gasteiger partial charge < -0.3 is 9.15 Å². The normalized spacial score (nSPS) is 19.0. The van der Waals surface area contributed by atoms with Crippen LogP contribution in [0, 0.1) is 0 Å². The standard InChI is InChI=1S/C15H16O2/c1-16-13-8-5-9-14-12(13)10-15(17-14)11-6-3-2-4-7-11/h2-4,6-7,10,13H,5,8-9H2,1H3/t13-/m1/s1. The van der Waals surface area contributed by atoms with Gasteiger partial charge in [-0.3, -0.25) is 0 Å². The highest BCUT2D eigenvalue weighted by atomic mass is 16.5. The minimum absolute atomic E-state index is 0.208. The summed E-state index contributed by atoms with van der Waals surface area (Å²) in [5.41, 5.74) is 2.37. The molecule has 0 unspecified atom stereocenters. The zero-order valence-corrected chi connectivity index (χ0v) is 9.98. The lowest BCUT2D eigenvalue weighted by Gasteiger charge is -2.19. The molecule has 0 spiro atoms. The smallest absolute Gasteiger partial charge is 0.134 e. The van der Waals surface area contributed by atoms with Crippen molar-refractivity contribution in [3.8, 4) is 11.3 Å². The van der Waals surface area contributed by atoms with Gasteiger partial charge >= 0.3 is 0 Å². The van der Waals surface area contributed by atoms with E-state index < -0.39 is 0 Å². The molecule has 1 aliphatic carbocycles. The molecule has 1 heterocycles. The molecule has 2 heteroatoms. The van der Waals surface area contributed by atoms with Crippen LogP contribution in [0.4, 0.5) is 0 Å². The molecule has 0 amide bonds. The van der Waals surface area contributed by atoms with Gasteiger partial charge in [0.25, 0.3) is 0 Å². The molecule has 88 valence electrons. The maximum atomic E-state index is 5.94. The maximum absolute atomic E-state index is 5.94. The van der Waals surface area contributed by atoms with E-state index in [4.69, 9.17) is 9.15 Å². The van der Waals surface area contributed by atoms with Gasteiger partial charge in [-0.25, -0.2) is 0 Å². The molecule has 0 saturated heterocycles. The summed E-state index contributed by atoms with van der Waals surface area (Å²) in [6, 6.07) is 12.4. The number of hydrogen-bond acceptors (Lipinski definition) is 2. The highest BCUT2D eigenvalue weighted by molar-refractivity contribution is 5.59. The molecule has 0 N–H and O–H groups in total. The summed E-state index contributed by atoms with van der Waals surface area (Å²) >= 11 is 0. The maximum Gasteiger partial charge on any atom is 0.134 e. The van der Waals surface area contributed by atoms with Gasteiger partial charge in [0.15, 0.2) is 0 Å². The van der Waals surface area contributed by atoms with E-state index in [-0.39, 0.29) is 6.10 Å². The minimum Gasteiger partial charge on any atom is -0.461 e. The van der Waals surface area contributed by atoms with Gasteiger partial charge in [-0.1, -0.05) is 30.3 Å². The van der Waals surface area contributed by atoms with E-state index in [9.17, 15) is 0 Å². The van der Waals surface area contributed by atoms with Crippen molar-refractivity contribution in [2.75, 3.05) is 7.11 Å². The Labute approximate surface area is 101 Å². The van der Waals surface area contributed by atoms with E-state index >= 15 is 0 Å². The van der Waals surface area contributed by atoms with Crippen LogP contribution in [0.15, 0.2) is 40.8 Å². The average molecular weight is 228 g/mol. The van der Waals surface area contributed by atoms with Gasteiger partial charge in [-0.15, -0.1) is 0 Å². The highest BCUT2D eigenvalue weighted by Gasteiger charge is 2.24. The van der Waals surface area contributed by atoms with Crippen molar-refractivity contribution < 1.29 is 9.15 Å². The number of hydrogen-bond donors (Lipinski definition) is 0. The molecule has 3 rings (SSSR count). The predicted octanol–water partition coefficient (Wildman–Crippen LogP) is 3.97. The summed E-state index contributed by atoms with van der Waals surface area (Å²) in [7, 11) is 1.77. The molecule has 0 aliphatic heterocycles. The zero-order valence-electron chi connectivity index (χ0n) is 9.98. The second-order valence-electron chi connectivity index (χ2n) is 4.47. The SMILES string of the molecule is CO[C@@H]1CCCc2oc(-c3ccccc3)cc21. The fourth-order valence-corrected chi connectivity index (χ4v) is 2.50. The summed E-state index contributed by atoms with van der Waals surface area (Å²) in [4.78, 5) is 0. The average Bonchev–Trinajstić information content (AvgIpc) is 2.83. The highest BCUT2D eigenvalue weighted by Crippen LogP contribution is 2.37. The molecule has 0 saturated carbocycles. The monoisotopic (exact) mass is 228 g/mol. The van der Waals surface area contributed by atoms with Crippen LogP contribution in [0.5, 0.6) is 0 Å². The Hall–Kier alpha value is -1.54. The quantitative estimate of drug-likeness (QED) is 0.776. The van der Waals surface area contributed by atoms with Crippen molar-refractivity contribution in [1.29, 1.82) is 0 Å². The molecule has 1 aliphatic rings. The molecule has 1 aromatic heterocycles. The van der Waals surface area contributed by atoms with Gasteiger partial charge in [-0.05, 0) is 18.9 Å². The van der Waals surface area contributed by atoms with Gasteiger partial charge in [0, 0.05) is 24.7 Å². The van der Waals surface area contributed by atoms with Gasteiger partial charge in [0.1, 0.15) is 11.5 Å². The van der Waals surface area contributed by atoms with Crippen LogP contribution < -0.4 is 0 Å². The topological polar surface area (TPSA) is 22.4 Å². The predicted molar refractivity (Wildman–Crippen MR) is 66.8 cm³/mol. The second kappa shape index (κ2) is 4.38. The molecule has 0 fully saturated rings. The molecule has 2 aromatic rings. The Morgan fingerprint density at radius 2 is 2.06 bits per heavy atom. The lowest BCUT2D eigenvalue weighted by molar-refractivity contribution is 0.0858. The van der Waals surface area contributed by atoms with Crippen LogP contribution in [-0.2, 0) is 11.2 Å². The Morgan fingerprint density at radius 3 is 2.82 bits per heavy atom. The fourth-order valence-electron chi connectivity index (χ4n) is 2.50. The molecule has 0 bridgehead atoms. The molecular formula is C15H16O2. The first kappa shape index (κ1) is 10.6. The number of fused-ring (bicyclic) bond motifs is 1. The van der Waals surface area contributed by atoms with Crippen molar-refractivity contribution in [3.05, 3.63) is 47.7 Å². The number of furan rings is 1. The molecule has 0 radical (unpaired) electrons. The van der Waals surface area contributed by atoms with E-state index in [0.717, 1.165) is 36.3 Å². The summed E-state index contributed by atoms with van der Waals surface area (Å²) in [5, 5.41) is 0. The summed E-state index contributed by atoms with van der Waals surface area (Å²) < 4.78 is 11.5. The first-order valence-electron chi connectivity index (χ1n) is 6.09. The first-order chi connectivity index (χ1) is 8.38. The number of aryl methyl sites for hydroxylation is 1. The third-order valence-electron chi connectivity index (χ3n) is 3.40. The van der Waals surface area contributed by atoms with Crippen molar-refractivity contribution in [2.24, 2.45) is 0 Å². The van der Waals surface area contributed by atoms with Crippen molar-refractivity contribution >= 4 is 0 Å². The van der Waals surface area contributed by atoms with Crippen LogP contribution in [0.2, 0.25) is 0 Å². The van der Waals surface area contributed by atoms with Crippen molar-refractivity contribution in [2.45, 2.75) is 25.4 Å². The molecule has 1 atom stereocenters. The van der Waals surface area contributed by atoms with E-state index in [1.54, 1.807) is 7.11 Å². The Morgan fingerprint density at radius 1 is 1.24 bits per heavy atom. The van der Waals surface area contributed by atoms with E-state index in [1.807, 2.05) is 18.2 Å². The lowest BCUT2D eigenvalue weighted by Crippen LogP contribution is -2.08. The third-order valence-corrected chi connectivity index (χ3v) is 3.40. The summed E-state index contributed by atoms with van der Waals surface area (Å²) in [6.45, 7) is 0. The Bertz CT molecular complexity index is 499. The minimum atomic E-state index is 0.208. The fraction of sp³-hybridized carbons (Fsp3) is 0.333. The number of rotatable bonds is 2. The summed E-state index contributed by atoms with van der Waals surface area (Å²) in [5.74, 6) is 2.06. The van der Waals surface area contributed by atoms with Crippen LogP contribution in [0.25, 0.3) is 11.3 Å². The second-order valence-corrected chi connectivity index (χ2v) is 4.47. The largest absolute Gasteiger partial charge is 0.461 e. The van der Waals surface area contributed by atoms with Crippen LogP contribution >= 0.6 is 0 Å². The van der Waals surface area contributed by atoms with E-state index in [2.05, 4.69) is 18.2 Å². The molecular weight excluding hydrogens is 212 g/mol. The number of methoxy groups -OCH3 is 1. The number of benzene rings is 1. The van der Waals surface area contributed by atoms with Gasteiger partial charge in [0.2, 0.25) is 0 Å². The number of ether oxygens (including phenoxy) is 1. The van der Waals surface area contributed by atoms with E-state index in [1.165, 1.54) is 5.56 Å². The lowest BCUT2D eigenvalue weighted by atomic mass is 9.95. The first-order valence-corrected chi connectivity index (χ1v) is 6.09. The Balaban J connectivity index is 2.02. The third kappa shape index (κ3) is 1.89.